The lowest BCUT2D eigenvalue weighted by Gasteiger charge is -2.03. The van der Waals surface area contributed by atoms with Gasteiger partial charge in [-0.1, -0.05) is 96.8 Å². The largest absolute Gasteiger partial charge is 1.00 e. The van der Waals surface area contributed by atoms with Crippen LogP contribution in [0.4, 0.5) is 0 Å². The summed E-state index contributed by atoms with van der Waals surface area (Å²) in [6, 6.07) is 0. The number of imidazole rings is 1. The maximum atomic E-state index is 2.30. The Hall–Kier alpha value is -0.0600. The maximum absolute atomic E-state index is 2.30. The molecule has 2 nitrogen and oxygen atoms in total. The van der Waals surface area contributed by atoms with E-state index in [-0.39, 0.29) is 24.0 Å². The van der Waals surface area contributed by atoms with Gasteiger partial charge in [-0.3, -0.25) is 0 Å². The molecule has 148 valence electrons. The molecule has 0 fully saturated rings. The Balaban J connectivity index is 0.00000576. The van der Waals surface area contributed by atoms with Crippen molar-refractivity contribution in [2.75, 3.05) is 0 Å². The monoisotopic (exact) mass is 462 g/mol. The molecule has 0 radical (unpaired) electrons. The maximum Gasteiger partial charge on any atom is 0.243 e. The van der Waals surface area contributed by atoms with Crippen molar-refractivity contribution in [3.05, 3.63) is 18.7 Å². The number of nitrogens with zero attached hydrogens (tertiary/aromatic N) is 2. The lowest BCUT2D eigenvalue weighted by Crippen LogP contribution is -3.00. The molecule has 0 aliphatic heterocycles. The van der Waals surface area contributed by atoms with Crippen LogP contribution in [0.15, 0.2) is 18.7 Å². The summed E-state index contributed by atoms with van der Waals surface area (Å²) in [7, 11) is 2.09. The van der Waals surface area contributed by atoms with Crippen LogP contribution in [0, 0.1) is 0 Å². The zero-order chi connectivity index (χ0) is 17.3. The Labute approximate surface area is 174 Å². The molecule has 1 rings (SSSR count). The Morgan fingerprint density at radius 3 is 1.40 bits per heavy atom. The van der Waals surface area contributed by atoms with Crippen molar-refractivity contribution in [1.29, 1.82) is 0 Å². The Bertz CT molecular complexity index is 376. The molecule has 0 N–H and O–H groups in total. The van der Waals surface area contributed by atoms with E-state index in [0.29, 0.717) is 0 Å². The summed E-state index contributed by atoms with van der Waals surface area (Å²) in [4.78, 5) is 0. The number of halogens is 1. The number of hydrogen-bond acceptors (Lipinski definition) is 0. The van der Waals surface area contributed by atoms with E-state index in [0.717, 1.165) is 0 Å². The van der Waals surface area contributed by atoms with Crippen molar-refractivity contribution in [3.8, 4) is 0 Å². The molecule has 0 aliphatic rings. The first kappa shape index (κ1) is 24.9. The number of unbranched alkanes of at least 4 members (excludes halogenated alkanes) is 15. The third-order valence-electron chi connectivity index (χ3n) is 5.09. The molecule has 0 saturated carbocycles. The summed E-state index contributed by atoms with van der Waals surface area (Å²) in [6.07, 6.45) is 29.5. The van der Waals surface area contributed by atoms with Crippen LogP contribution in [0.2, 0.25) is 0 Å². The number of hydrogen-bond donors (Lipinski definition) is 0. The van der Waals surface area contributed by atoms with Crippen molar-refractivity contribution in [3.63, 3.8) is 0 Å². The molecule has 0 spiro atoms. The van der Waals surface area contributed by atoms with E-state index < -0.39 is 0 Å². The fourth-order valence-electron chi connectivity index (χ4n) is 3.48. The summed E-state index contributed by atoms with van der Waals surface area (Å²) in [5, 5.41) is 0. The zero-order valence-electron chi connectivity index (χ0n) is 17.0. The Morgan fingerprint density at radius 1 is 0.640 bits per heavy atom. The first-order valence-corrected chi connectivity index (χ1v) is 10.8. The average Bonchev–Trinajstić information content (AvgIpc) is 3.00. The van der Waals surface area contributed by atoms with Crippen LogP contribution < -0.4 is 28.5 Å². The van der Waals surface area contributed by atoms with Crippen LogP contribution in [0.5, 0.6) is 0 Å². The van der Waals surface area contributed by atoms with Crippen LogP contribution in [-0.4, -0.2) is 4.57 Å². The molecule has 0 aliphatic carbocycles. The summed E-state index contributed by atoms with van der Waals surface area (Å²) in [5.41, 5.74) is 0. The second-order valence-electron chi connectivity index (χ2n) is 7.62. The molecular weight excluding hydrogens is 419 g/mol. The summed E-state index contributed by atoms with van der Waals surface area (Å²) in [5.74, 6) is 0. The van der Waals surface area contributed by atoms with Crippen molar-refractivity contribution in [2.45, 2.75) is 116 Å². The highest BCUT2D eigenvalue weighted by atomic mass is 127. The van der Waals surface area contributed by atoms with E-state index in [4.69, 9.17) is 0 Å². The fourth-order valence-corrected chi connectivity index (χ4v) is 3.48. The minimum atomic E-state index is 0. The standard InChI is InChI=1S/C22H43N2.HI/c1-3-4-5-6-7-8-9-10-11-12-13-14-15-16-17-18-19-24-21-20-23(2)22-24;/h20-22H,3-19H2,1-2H3;1H/q+1;/p-1. The summed E-state index contributed by atoms with van der Waals surface area (Å²) >= 11 is 0. The molecule has 0 amide bonds. The van der Waals surface area contributed by atoms with Gasteiger partial charge in [0.05, 0.1) is 13.6 Å². The van der Waals surface area contributed by atoms with Crippen LogP contribution in [0.3, 0.4) is 0 Å². The van der Waals surface area contributed by atoms with E-state index >= 15 is 0 Å². The molecule has 3 heteroatoms. The van der Waals surface area contributed by atoms with Crippen LogP contribution in [0.25, 0.3) is 0 Å². The minimum absolute atomic E-state index is 0. The van der Waals surface area contributed by atoms with Gasteiger partial charge in [0.15, 0.2) is 0 Å². The molecular formula is C22H43IN2. The topological polar surface area (TPSA) is 8.81 Å². The number of rotatable bonds is 17. The van der Waals surface area contributed by atoms with Crippen LogP contribution in [0.1, 0.15) is 110 Å². The number of aromatic nitrogens is 2. The van der Waals surface area contributed by atoms with Gasteiger partial charge in [-0.15, -0.1) is 0 Å². The first-order valence-electron chi connectivity index (χ1n) is 10.8. The second kappa shape index (κ2) is 18.7. The smallest absolute Gasteiger partial charge is 0.243 e. The average molecular weight is 463 g/mol. The van der Waals surface area contributed by atoms with Crippen LogP contribution >= 0.6 is 0 Å². The highest BCUT2D eigenvalue weighted by Gasteiger charge is 1.99. The van der Waals surface area contributed by atoms with Gasteiger partial charge >= 0.3 is 0 Å². The highest BCUT2D eigenvalue weighted by Crippen LogP contribution is 2.13. The molecule has 1 heterocycles. The predicted molar refractivity (Wildman–Crippen MR) is 105 cm³/mol. The van der Waals surface area contributed by atoms with Gasteiger partial charge in [0.1, 0.15) is 12.4 Å². The quantitative estimate of drug-likeness (QED) is 0.190. The van der Waals surface area contributed by atoms with E-state index in [1.165, 1.54) is 109 Å². The predicted octanol–water partition coefficient (Wildman–Crippen LogP) is 3.58. The lowest BCUT2D eigenvalue weighted by molar-refractivity contribution is -0.671. The van der Waals surface area contributed by atoms with E-state index in [1.54, 1.807) is 0 Å². The van der Waals surface area contributed by atoms with Crippen molar-refractivity contribution in [2.24, 2.45) is 7.05 Å². The molecule has 1 aromatic rings. The molecule has 0 aromatic carbocycles. The zero-order valence-corrected chi connectivity index (χ0v) is 19.2. The Morgan fingerprint density at radius 2 is 1.04 bits per heavy atom. The van der Waals surface area contributed by atoms with Gasteiger partial charge < -0.3 is 24.0 Å². The Kier molecular flexibility index (Phi) is 18.7. The van der Waals surface area contributed by atoms with Crippen molar-refractivity contribution < 1.29 is 28.5 Å². The third kappa shape index (κ3) is 15.9. The normalized spacial score (nSPS) is 10.8. The molecule has 1 aromatic heterocycles. The molecule has 0 saturated heterocycles. The van der Waals surface area contributed by atoms with Crippen molar-refractivity contribution >= 4 is 0 Å². The lowest BCUT2D eigenvalue weighted by atomic mass is 10.0. The number of aryl methyl sites for hydroxylation is 2. The fraction of sp³-hybridized carbons (Fsp3) is 0.864. The second-order valence-corrected chi connectivity index (χ2v) is 7.62. The molecule has 0 atom stereocenters. The summed E-state index contributed by atoms with van der Waals surface area (Å²) in [6.45, 7) is 3.48. The summed E-state index contributed by atoms with van der Waals surface area (Å²) < 4.78 is 4.41. The van der Waals surface area contributed by atoms with Gasteiger partial charge in [-0.05, 0) is 12.8 Å². The van der Waals surface area contributed by atoms with Gasteiger partial charge in [-0.25, -0.2) is 9.13 Å². The van der Waals surface area contributed by atoms with Gasteiger partial charge in [0.25, 0.3) is 0 Å². The SMILES string of the molecule is CCCCCCCCCCCCCCCCCCn1cc[n+](C)c1.[I-]. The third-order valence-corrected chi connectivity index (χ3v) is 5.09. The van der Waals surface area contributed by atoms with Gasteiger partial charge in [-0.2, -0.15) is 0 Å². The minimum Gasteiger partial charge on any atom is -1.00 e. The highest BCUT2D eigenvalue weighted by molar-refractivity contribution is 4.65. The molecule has 0 bridgehead atoms. The van der Waals surface area contributed by atoms with Crippen molar-refractivity contribution in [1.82, 2.24) is 4.57 Å². The van der Waals surface area contributed by atoms with E-state index in [9.17, 15) is 0 Å². The first-order chi connectivity index (χ1) is 11.8. The molecule has 0 unspecified atom stereocenters. The van der Waals surface area contributed by atoms with E-state index in [1.807, 2.05) is 0 Å². The molecule has 25 heavy (non-hydrogen) atoms. The van der Waals surface area contributed by atoms with Crippen LogP contribution in [-0.2, 0) is 13.6 Å². The van der Waals surface area contributed by atoms with Gasteiger partial charge in [0, 0.05) is 0 Å². The van der Waals surface area contributed by atoms with E-state index in [2.05, 4.69) is 41.8 Å². The van der Waals surface area contributed by atoms with Gasteiger partial charge in [0.2, 0.25) is 6.33 Å².